The fraction of sp³-hybridized carbons (Fsp3) is 0.250. The van der Waals surface area contributed by atoms with E-state index in [0.717, 1.165) is 0 Å². The maximum Gasteiger partial charge on any atom is 0.471 e. The molecular formula is C12H9F3N4O2S. The molecular weight excluding hydrogens is 321 g/mol. The van der Waals surface area contributed by atoms with Gasteiger partial charge in [0.25, 0.3) is 0 Å². The molecule has 1 aromatic heterocycles. The Bertz CT molecular complexity index is 827. The molecule has 0 fully saturated rings. The molecule has 1 heterocycles. The summed E-state index contributed by atoms with van der Waals surface area (Å²) in [4.78, 5) is 3.26. The van der Waals surface area contributed by atoms with Crippen LogP contribution in [0.15, 0.2) is 33.2 Å². The largest absolute Gasteiger partial charge is 0.471 e. The molecule has 10 heteroatoms. The molecule has 0 radical (unpaired) electrons. The molecule has 0 N–H and O–H groups in total. The lowest BCUT2D eigenvalue weighted by Gasteiger charge is -2.03. The standard InChI is InChI=1S/C12H9F3N4O2S/c1-22(20,17-7-16)6-8-2-4-9(5-3-8)10-18-11(21-19-10)12(13,14)15/h2-5H,6H2,1H3. The molecule has 2 aromatic rings. The third kappa shape index (κ3) is 3.82. The van der Waals surface area contributed by atoms with Crippen molar-refractivity contribution >= 4 is 9.73 Å². The van der Waals surface area contributed by atoms with Crippen LogP contribution < -0.4 is 0 Å². The molecule has 0 amide bonds. The predicted molar refractivity (Wildman–Crippen MR) is 70.5 cm³/mol. The van der Waals surface area contributed by atoms with Crippen molar-refractivity contribution in [3.05, 3.63) is 35.7 Å². The Kier molecular flexibility index (Phi) is 4.18. The van der Waals surface area contributed by atoms with E-state index in [2.05, 4.69) is 19.0 Å². The van der Waals surface area contributed by atoms with Gasteiger partial charge in [0.1, 0.15) is 0 Å². The normalized spacial score (nSPS) is 14.1. The van der Waals surface area contributed by atoms with E-state index in [1.54, 1.807) is 12.1 Å². The first-order valence-electron chi connectivity index (χ1n) is 5.79. The number of nitrogens with zero attached hydrogens (tertiary/aromatic N) is 4. The molecule has 22 heavy (non-hydrogen) atoms. The van der Waals surface area contributed by atoms with Gasteiger partial charge >= 0.3 is 12.1 Å². The summed E-state index contributed by atoms with van der Waals surface area (Å²) in [5.41, 5.74) is 0.942. The van der Waals surface area contributed by atoms with Gasteiger partial charge in [0.05, 0.1) is 15.5 Å². The van der Waals surface area contributed by atoms with Gasteiger partial charge in [-0.2, -0.15) is 23.4 Å². The topological polar surface area (TPSA) is 92.1 Å². The molecule has 2 rings (SSSR count). The molecule has 1 unspecified atom stereocenters. The van der Waals surface area contributed by atoms with E-state index in [4.69, 9.17) is 5.26 Å². The van der Waals surface area contributed by atoms with Crippen molar-refractivity contribution in [3.63, 3.8) is 0 Å². The number of nitriles is 1. The molecule has 6 nitrogen and oxygen atoms in total. The van der Waals surface area contributed by atoms with Crippen LogP contribution in [0.1, 0.15) is 11.5 Å². The van der Waals surface area contributed by atoms with Crippen LogP contribution in [-0.2, 0) is 21.7 Å². The first kappa shape index (κ1) is 16.0. The van der Waals surface area contributed by atoms with Gasteiger partial charge in [-0.15, -0.1) is 4.36 Å². The smallest absolute Gasteiger partial charge is 0.329 e. The van der Waals surface area contributed by atoms with Crippen molar-refractivity contribution in [3.8, 4) is 17.6 Å². The average Bonchev–Trinajstić information content (AvgIpc) is 2.88. The van der Waals surface area contributed by atoms with E-state index >= 15 is 0 Å². The van der Waals surface area contributed by atoms with Crippen molar-refractivity contribution in [2.75, 3.05) is 6.26 Å². The summed E-state index contributed by atoms with van der Waals surface area (Å²) in [5.74, 6) is -1.56. The highest BCUT2D eigenvalue weighted by Crippen LogP contribution is 2.29. The molecule has 116 valence electrons. The Morgan fingerprint density at radius 2 is 2.00 bits per heavy atom. The van der Waals surface area contributed by atoms with Crippen molar-refractivity contribution < 1.29 is 21.9 Å². The second-order valence-electron chi connectivity index (χ2n) is 4.41. The van der Waals surface area contributed by atoms with Gasteiger partial charge in [-0.05, 0) is 5.56 Å². The molecule has 0 aliphatic carbocycles. The Labute approximate surface area is 123 Å². The minimum absolute atomic E-state index is 0.0564. The van der Waals surface area contributed by atoms with E-state index in [-0.39, 0.29) is 11.6 Å². The quantitative estimate of drug-likeness (QED) is 0.807. The summed E-state index contributed by atoms with van der Waals surface area (Å²) in [6, 6.07) is 6.05. The lowest BCUT2D eigenvalue weighted by Crippen LogP contribution is -2.04. The Morgan fingerprint density at radius 1 is 1.36 bits per heavy atom. The maximum absolute atomic E-state index is 12.4. The molecule has 0 saturated carbocycles. The van der Waals surface area contributed by atoms with Crippen LogP contribution in [0, 0.1) is 11.5 Å². The zero-order valence-electron chi connectivity index (χ0n) is 11.2. The minimum atomic E-state index is -4.70. The summed E-state index contributed by atoms with van der Waals surface area (Å²) in [6.07, 6.45) is -1.86. The fourth-order valence-corrected chi connectivity index (χ4v) is 2.68. The Balaban J connectivity index is 2.23. The first-order chi connectivity index (χ1) is 10.2. The highest BCUT2D eigenvalue weighted by molar-refractivity contribution is 7.92. The first-order valence-corrected chi connectivity index (χ1v) is 7.89. The highest BCUT2D eigenvalue weighted by atomic mass is 32.2. The lowest BCUT2D eigenvalue weighted by atomic mass is 10.1. The van der Waals surface area contributed by atoms with Crippen molar-refractivity contribution in [1.82, 2.24) is 10.1 Å². The van der Waals surface area contributed by atoms with Gasteiger partial charge in [-0.3, -0.25) is 0 Å². The molecule has 0 bridgehead atoms. The Morgan fingerprint density at radius 3 is 2.50 bits per heavy atom. The molecule has 0 saturated heterocycles. The second-order valence-corrected chi connectivity index (χ2v) is 6.80. The number of hydrogen-bond donors (Lipinski definition) is 0. The number of aromatic nitrogens is 2. The van der Waals surface area contributed by atoms with Crippen LogP contribution in [0.2, 0.25) is 0 Å². The summed E-state index contributed by atoms with van der Waals surface area (Å²) >= 11 is 0. The van der Waals surface area contributed by atoms with Crippen molar-refractivity contribution in [1.29, 1.82) is 5.26 Å². The molecule has 0 aliphatic heterocycles. The van der Waals surface area contributed by atoms with Crippen LogP contribution in [0.25, 0.3) is 11.4 Å². The van der Waals surface area contributed by atoms with Crippen LogP contribution >= 0.6 is 0 Å². The van der Waals surface area contributed by atoms with Gasteiger partial charge < -0.3 is 4.52 Å². The van der Waals surface area contributed by atoms with Crippen molar-refractivity contribution in [2.24, 2.45) is 4.36 Å². The monoisotopic (exact) mass is 330 g/mol. The van der Waals surface area contributed by atoms with E-state index in [1.165, 1.54) is 24.6 Å². The van der Waals surface area contributed by atoms with E-state index < -0.39 is 21.8 Å². The summed E-state index contributed by atoms with van der Waals surface area (Å²) < 4.78 is 56.5. The van der Waals surface area contributed by atoms with Crippen LogP contribution in [0.4, 0.5) is 13.2 Å². The number of benzene rings is 1. The second kappa shape index (κ2) is 5.76. The molecule has 0 aliphatic rings. The van der Waals surface area contributed by atoms with E-state index in [9.17, 15) is 17.4 Å². The van der Waals surface area contributed by atoms with Crippen LogP contribution in [-0.4, -0.2) is 20.6 Å². The average molecular weight is 330 g/mol. The van der Waals surface area contributed by atoms with Gasteiger partial charge in [0, 0.05) is 11.8 Å². The Hall–Kier alpha value is -2.41. The summed E-state index contributed by atoms with van der Waals surface area (Å²) in [6.45, 7) is 0. The maximum atomic E-state index is 12.4. The van der Waals surface area contributed by atoms with Gasteiger partial charge in [-0.25, -0.2) is 4.21 Å². The highest BCUT2D eigenvalue weighted by Gasteiger charge is 2.38. The minimum Gasteiger partial charge on any atom is -0.329 e. The molecule has 1 aromatic carbocycles. The predicted octanol–water partition coefficient (Wildman–Crippen LogP) is 2.83. The van der Waals surface area contributed by atoms with E-state index in [1.807, 2.05) is 0 Å². The van der Waals surface area contributed by atoms with Gasteiger partial charge in [0.15, 0.2) is 0 Å². The SMILES string of the molecule is CS(=O)(Cc1ccc(-c2noc(C(F)(F)F)n2)cc1)=NC#N. The van der Waals surface area contributed by atoms with Gasteiger partial charge in [0.2, 0.25) is 12.0 Å². The molecule has 0 spiro atoms. The fourth-order valence-electron chi connectivity index (χ4n) is 1.63. The third-order valence-corrected chi connectivity index (χ3v) is 3.89. The third-order valence-electron chi connectivity index (χ3n) is 2.55. The van der Waals surface area contributed by atoms with Crippen LogP contribution in [0.5, 0.6) is 0 Å². The van der Waals surface area contributed by atoms with E-state index in [0.29, 0.717) is 11.1 Å². The van der Waals surface area contributed by atoms with Crippen LogP contribution in [0.3, 0.4) is 0 Å². The summed E-state index contributed by atoms with van der Waals surface area (Å²) in [7, 11) is -2.66. The number of alkyl halides is 3. The lowest BCUT2D eigenvalue weighted by molar-refractivity contribution is -0.159. The number of hydrogen-bond acceptors (Lipinski definition) is 6. The van der Waals surface area contributed by atoms with Crippen molar-refractivity contribution in [2.45, 2.75) is 11.9 Å². The summed E-state index contributed by atoms with van der Waals surface area (Å²) in [5, 5.41) is 11.7. The zero-order chi connectivity index (χ0) is 16.4. The number of rotatable bonds is 3. The van der Waals surface area contributed by atoms with Gasteiger partial charge in [-0.1, -0.05) is 29.4 Å². The molecule has 1 atom stereocenters. The zero-order valence-corrected chi connectivity index (χ0v) is 12.0. The number of halogens is 3.